The standard InChI is InChI=1S/C34H32N2O4/c1-36-17-16-30-29(20-36)27-18-25(23-8-4-6-10-31(23)39-2)26(24-9-5-7-11-32(24)40-3)19-28(27)33(35-30)21-12-14-22(15-13-21)34(37)38/h4-15,18-19,29-30H,16-17,20H2,1-3H3,(H,37,38)/t29-,30-/m1/s1. The lowest BCUT2D eigenvalue weighted by Crippen LogP contribution is -2.41. The number of hydrogen-bond donors (Lipinski definition) is 1. The van der Waals surface area contributed by atoms with Gasteiger partial charge in [0.1, 0.15) is 11.5 Å². The molecule has 2 atom stereocenters. The van der Waals surface area contributed by atoms with E-state index in [9.17, 15) is 9.90 Å². The van der Waals surface area contributed by atoms with Crippen LogP contribution in [0.2, 0.25) is 0 Å². The summed E-state index contributed by atoms with van der Waals surface area (Å²) in [6, 6.07) is 28.0. The number of ether oxygens (including phenoxy) is 2. The van der Waals surface area contributed by atoms with Gasteiger partial charge in [-0.3, -0.25) is 4.99 Å². The summed E-state index contributed by atoms with van der Waals surface area (Å²) in [7, 11) is 5.57. The largest absolute Gasteiger partial charge is 0.496 e. The first kappa shape index (κ1) is 25.8. The van der Waals surface area contributed by atoms with Gasteiger partial charge >= 0.3 is 5.97 Å². The Labute approximate surface area is 234 Å². The van der Waals surface area contributed by atoms with E-state index in [1.807, 2.05) is 48.5 Å². The van der Waals surface area contributed by atoms with Crippen LogP contribution in [0.3, 0.4) is 0 Å². The molecule has 0 spiro atoms. The SMILES string of the molecule is COc1ccccc1-c1cc2c(cc1-c1ccccc1OC)[C@H]1CN(C)CC[C@H]1N=C2c1ccc(C(=O)O)cc1. The number of nitrogens with zero attached hydrogens (tertiary/aromatic N) is 2. The number of benzene rings is 4. The van der Waals surface area contributed by atoms with Crippen molar-refractivity contribution in [3.05, 3.63) is 107 Å². The van der Waals surface area contributed by atoms with Crippen LogP contribution in [0.1, 0.15) is 39.4 Å². The summed E-state index contributed by atoms with van der Waals surface area (Å²) in [5.41, 5.74) is 8.51. The number of aliphatic imine (C=N–C) groups is 1. The molecule has 0 bridgehead atoms. The second-order valence-electron chi connectivity index (χ2n) is 10.5. The Morgan fingerprint density at radius 2 is 1.43 bits per heavy atom. The molecule has 40 heavy (non-hydrogen) atoms. The number of likely N-dealkylation sites (tertiary alicyclic amines) is 1. The zero-order valence-corrected chi connectivity index (χ0v) is 22.9. The van der Waals surface area contributed by atoms with Crippen molar-refractivity contribution in [2.24, 2.45) is 4.99 Å². The minimum Gasteiger partial charge on any atom is -0.496 e. The van der Waals surface area contributed by atoms with Crippen LogP contribution in [0.15, 0.2) is 89.9 Å². The first-order valence-corrected chi connectivity index (χ1v) is 13.5. The van der Waals surface area contributed by atoms with Gasteiger partial charge in [-0.25, -0.2) is 4.79 Å². The van der Waals surface area contributed by atoms with E-state index >= 15 is 0 Å². The number of carboxylic acid groups (broad SMARTS) is 1. The fourth-order valence-electron chi connectivity index (χ4n) is 6.11. The first-order chi connectivity index (χ1) is 19.5. The molecule has 1 N–H and O–H groups in total. The Bertz CT molecular complexity index is 1610. The van der Waals surface area contributed by atoms with E-state index in [4.69, 9.17) is 14.5 Å². The van der Waals surface area contributed by atoms with Crippen LogP contribution >= 0.6 is 0 Å². The minimum absolute atomic E-state index is 0.153. The van der Waals surface area contributed by atoms with Crippen molar-refractivity contribution in [1.82, 2.24) is 4.90 Å². The molecule has 1 fully saturated rings. The zero-order valence-electron chi connectivity index (χ0n) is 22.9. The molecule has 0 saturated carbocycles. The van der Waals surface area contributed by atoms with E-state index in [-0.39, 0.29) is 17.5 Å². The van der Waals surface area contributed by atoms with E-state index in [0.717, 1.165) is 70.1 Å². The summed E-state index contributed by atoms with van der Waals surface area (Å²) >= 11 is 0. The number of carbonyl (C=O) groups is 1. The third kappa shape index (κ3) is 4.54. The third-order valence-corrected chi connectivity index (χ3v) is 8.12. The maximum atomic E-state index is 11.5. The Kier molecular flexibility index (Phi) is 6.86. The van der Waals surface area contributed by atoms with Gasteiger partial charge in [-0.15, -0.1) is 0 Å². The third-order valence-electron chi connectivity index (χ3n) is 8.12. The van der Waals surface area contributed by atoms with Gasteiger partial charge in [0.15, 0.2) is 0 Å². The molecule has 4 aromatic rings. The van der Waals surface area contributed by atoms with Crippen LogP contribution in [-0.2, 0) is 0 Å². The van der Waals surface area contributed by atoms with Gasteiger partial charge in [-0.05, 0) is 73.1 Å². The molecule has 0 aliphatic carbocycles. The number of likely N-dealkylation sites (N-methyl/N-ethyl adjacent to an activating group) is 1. The molecule has 0 radical (unpaired) electrons. The molecule has 1 saturated heterocycles. The Morgan fingerprint density at radius 3 is 2.02 bits per heavy atom. The molecule has 6 rings (SSSR count). The van der Waals surface area contributed by atoms with E-state index in [0.29, 0.717) is 0 Å². The van der Waals surface area contributed by atoms with Crippen molar-refractivity contribution < 1.29 is 19.4 Å². The van der Waals surface area contributed by atoms with Crippen molar-refractivity contribution in [2.45, 2.75) is 18.4 Å². The van der Waals surface area contributed by atoms with Crippen molar-refractivity contribution in [2.75, 3.05) is 34.4 Å². The smallest absolute Gasteiger partial charge is 0.335 e. The number of hydrogen-bond acceptors (Lipinski definition) is 5. The number of rotatable bonds is 6. The summed E-state index contributed by atoms with van der Waals surface area (Å²) in [5.74, 6) is 0.905. The number of piperidine rings is 1. The highest BCUT2D eigenvalue weighted by Gasteiger charge is 2.36. The van der Waals surface area contributed by atoms with Crippen molar-refractivity contribution in [1.29, 1.82) is 0 Å². The average molecular weight is 533 g/mol. The van der Waals surface area contributed by atoms with Crippen LogP contribution in [0, 0.1) is 0 Å². The minimum atomic E-state index is -0.937. The molecular weight excluding hydrogens is 500 g/mol. The van der Waals surface area contributed by atoms with Crippen LogP contribution < -0.4 is 9.47 Å². The predicted octanol–water partition coefficient (Wildman–Crippen LogP) is 6.37. The van der Waals surface area contributed by atoms with Gasteiger partial charge < -0.3 is 19.5 Å². The van der Waals surface area contributed by atoms with Crippen molar-refractivity contribution >= 4 is 11.7 Å². The number of fused-ring (bicyclic) bond motifs is 3. The van der Waals surface area contributed by atoms with Gasteiger partial charge in [-0.1, -0.05) is 48.5 Å². The van der Waals surface area contributed by atoms with Gasteiger partial charge in [0.05, 0.1) is 31.5 Å². The van der Waals surface area contributed by atoms with Crippen molar-refractivity contribution in [3.8, 4) is 33.8 Å². The maximum absolute atomic E-state index is 11.5. The molecule has 2 aliphatic rings. The van der Waals surface area contributed by atoms with E-state index in [1.54, 1.807) is 26.4 Å². The summed E-state index contributed by atoms with van der Waals surface area (Å²) in [4.78, 5) is 19.2. The molecule has 6 heteroatoms. The quantitative estimate of drug-likeness (QED) is 0.312. The van der Waals surface area contributed by atoms with E-state index in [1.165, 1.54) is 5.56 Å². The van der Waals surface area contributed by atoms with E-state index < -0.39 is 5.97 Å². The van der Waals surface area contributed by atoms with E-state index in [2.05, 4.69) is 36.2 Å². The number of carboxylic acids is 1. The Hall–Kier alpha value is -4.42. The Balaban J connectivity index is 1.64. The Morgan fingerprint density at radius 1 is 0.825 bits per heavy atom. The highest BCUT2D eigenvalue weighted by Crippen LogP contribution is 2.46. The summed E-state index contributed by atoms with van der Waals surface area (Å²) < 4.78 is 11.6. The zero-order chi connectivity index (χ0) is 27.8. The average Bonchev–Trinajstić information content (AvgIpc) is 3.00. The molecule has 6 nitrogen and oxygen atoms in total. The fourth-order valence-corrected chi connectivity index (χ4v) is 6.11. The molecule has 0 unspecified atom stereocenters. The molecule has 0 aromatic heterocycles. The number of methoxy groups -OCH3 is 2. The topological polar surface area (TPSA) is 71.4 Å². The van der Waals surface area contributed by atoms with Crippen LogP contribution in [0.5, 0.6) is 11.5 Å². The number of aromatic carboxylic acids is 1. The van der Waals surface area contributed by atoms with Gasteiger partial charge in [0, 0.05) is 34.7 Å². The second-order valence-corrected chi connectivity index (χ2v) is 10.5. The highest BCUT2D eigenvalue weighted by molar-refractivity contribution is 6.16. The summed E-state index contributed by atoms with van der Waals surface area (Å²) in [5, 5.41) is 9.46. The molecule has 4 aromatic carbocycles. The molecule has 0 amide bonds. The first-order valence-electron chi connectivity index (χ1n) is 13.5. The summed E-state index contributed by atoms with van der Waals surface area (Å²) in [6.07, 6.45) is 0.968. The van der Waals surface area contributed by atoms with Crippen LogP contribution in [0.25, 0.3) is 22.3 Å². The highest BCUT2D eigenvalue weighted by atomic mass is 16.5. The summed E-state index contributed by atoms with van der Waals surface area (Å²) in [6.45, 7) is 1.91. The molecule has 202 valence electrons. The van der Waals surface area contributed by atoms with Gasteiger partial charge in [0.25, 0.3) is 0 Å². The monoisotopic (exact) mass is 532 g/mol. The lowest BCUT2D eigenvalue weighted by atomic mass is 9.76. The van der Waals surface area contributed by atoms with Crippen molar-refractivity contribution in [3.63, 3.8) is 0 Å². The lowest BCUT2D eigenvalue weighted by Gasteiger charge is -2.40. The number of para-hydroxylation sites is 2. The van der Waals surface area contributed by atoms with Crippen LogP contribution in [-0.4, -0.2) is 62.1 Å². The van der Waals surface area contributed by atoms with Gasteiger partial charge in [0.2, 0.25) is 0 Å². The maximum Gasteiger partial charge on any atom is 0.335 e. The normalized spacial score (nSPS) is 18.3. The molecule has 2 aliphatic heterocycles. The molecule has 2 heterocycles. The fraction of sp³-hybridized carbons (Fsp3) is 0.235. The molecular formula is C34H32N2O4. The second kappa shape index (κ2) is 10.6. The van der Waals surface area contributed by atoms with Gasteiger partial charge in [-0.2, -0.15) is 0 Å². The van der Waals surface area contributed by atoms with Crippen LogP contribution in [0.4, 0.5) is 0 Å². The lowest BCUT2D eigenvalue weighted by molar-refractivity contribution is 0.0697. The predicted molar refractivity (Wildman–Crippen MR) is 158 cm³/mol.